The lowest BCUT2D eigenvalue weighted by Gasteiger charge is -2.07. The molecular weight excluding hydrogens is 198 g/mol. The second kappa shape index (κ2) is 3.63. The van der Waals surface area contributed by atoms with Gasteiger partial charge in [0, 0.05) is 5.56 Å². The van der Waals surface area contributed by atoms with Crippen molar-refractivity contribution in [2.45, 2.75) is 18.8 Å². The second-order valence-corrected chi connectivity index (χ2v) is 4.31. The maximum atomic E-state index is 8.64. The largest absolute Gasteiger partial charge is 0.411 e. The number of benzene rings is 2. The van der Waals surface area contributed by atoms with E-state index in [2.05, 4.69) is 29.4 Å². The predicted octanol–water partition coefficient (Wildman–Crippen LogP) is 3.53. The van der Waals surface area contributed by atoms with E-state index >= 15 is 0 Å². The van der Waals surface area contributed by atoms with Crippen LogP contribution in [-0.4, -0.2) is 11.4 Å². The molecule has 2 aromatic carbocycles. The first kappa shape index (κ1) is 9.40. The second-order valence-electron chi connectivity index (χ2n) is 4.31. The zero-order valence-corrected chi connectivity index (χ0v) is 8.93. The molecule has 2 aromatic rings. The van der Waals surface area contributed by atoms with E-state index in [-0.39, 0.29) is 0 Å². The molecule has 1 aliphatic carbocycles. The lowest BCUT2D eigenvalue weighted by Crippen LogP contribution is -1.89. The number of hydrogen-bond donors (Lipinski definition) is 1. The Morgan fingerprint density at radius 1 is 1.06 bits per heavy atom. The van der Waals surface area contributed by atoms with Gasteiger partial charge in [0.05, 0.1) is 6.21 Å². The Bertz CT molecular complexity index is 556. The molecule has 0 atom stereocenters. The number of hydrogen-bond acceptors (Lipinski definition) is 2. The zero-order chi connectivity index (χ0) is 11.0. The summed E-state index contributed by atoms with van der Waals surface area (Å²) in [6.07, 6.45) is 4.11. The third-order valence-electron chi connectivity index (χ3n) is 3.21. The SMILES string of the molecule is O/N=C\c1ccc(C2CC2)c2ccccc12. The number of nitrogens with zero attached hydrogens (tertiary/aromatic N) is 1. The van der Waals surface area contributed by atoms with Crippen LogP contribution in [-0.2, 0) is 0 Å². The summed E-state index contributed by atoms with van der Waals surface area (Å²) in [4.78, 5) is 0. The van der Waals surface area contributed by atoms with Crippen molar-refractivity contribution < 1.29 is 5.21 Å². The van der Waals surface area contributed by atoms with Crippen LogP contribution in [0, 0.1) is 0 Å². The van der Waals surface area contributed by atoms with Crippen molar-refractivity contribution in [2.24, 2.45) is 5.16 Å². The minimum Gasteiger partial charge on any atom is -0.411 e. The highest BCUT2D eigenvalue weighted by atomic mass is 16.4. The van der Waals surface area contributed by atoms with Crippen molar-refractivity contribution in [3.05, 3.63) is 47.5 Å². The molecule has 80 valence electrons. The Hall–Kier alpha value is -1.83. The highest BCUT2D eigenvalue weighted by Gasteiger charge is 2.25. The monoisotopic (exact) mass is 211 g/mol. The number of oxime groups is 1. The lowest BCUT2D eigenvalue weighted by molar-refractivity contribution is 0.322. The molecule has 0 aromatic heterocycles. The predicted molar refractivity (Wildman–Crippen MR) is 65.3 cm³/mol. The fourth-order valence-corrected chi connectivity index (χ4v) is 2.27. The average molecular weight is 211 g/mol. The maximum Gasteiger partial charge on any atom is 0.0740 e. The summed E-state index contributed by atoms with van der Waals surface area (Å²) in [5.41, 5.74) is 2.41. The van der Waals surface area contributed by atoms with Crippen molar-refractivity contribution in [3.8, 4) is 0 Å². The third-order valence-corrected chi connectivity index (χ3v) is 3.21. The Labute approximate surface area is 94.2 Å². The Kier molecular flexibility index (Phi) is 2.13. The molecule has 0 saturated heterocycles. The summed E-state index contributed by atoms with van der Waals surface area (Å²) in [6, 6.07) is 12.5. The molecule has 0 amide bonds. The Morgan fingerprint density at radius 3 is 2.50 bits per heavy atom. The zero-order valence-electron chi connectivity index (χ0n) is 8.93. The van der Waals surface area contributed by atoms with Crippen LogP contribution in [0.5, 0.6) is 0 Å². The smallest absolute Gasteiger partial charge is 0.0740 e. The quantitative estimate of drug-likeness (QED) is 0.460. The molecule has 1 fully saturated rings. The van der Waals surface area contributed by atoms with Gasteiger partial charge in [0.2, 0.25) is 0 Å². The first-order chi connectivity index (χ1) is 7.90. The molecule has 2 heteroatoms. The first-order valence-electron chi connectivity index (χ1n) is 5.59. The number of fused-ring (bicyclic) bond motifs is 1. The summed E-state index contributed by atoms with van der Waals surface area (Å²) in [5, 5.41) is 14.2. The van der Waals surface area contributed by atoms with Crippen LogP contribution in [0.4, 0.5) is 0 Å². The van der Waals surface area contributed by atoms with E-state index in [4.69, 9.17) is 5.21 Å². The Balaban J connectivity index is 2.28. The van der Waals surface area contributed by atoms with Gasteiger partial charge in [0.15, 0.2) is 0 Å². The fourth-order valence-electron chi connectivity index (χ4n) is 2.27. The van der Waals surface area contributed by atoms with Crippen molar-refractivity contribution in [1.29, 1.82) is 0 Å². The lowest BCUT2D eigenvalue weighted by atomic mass is 9.97. The van der Waals surface area contributed by atoms with E-state index in [0.717, 1.165) is 11.5 Å². The van der Waals surface area contributed by atoms with Crippen molar-refractivity contribution in [1.82, 2.24) is 0 Å². The van der Waals surface area contributed by atoms with Crippen LogP contribution in [0.15, 0.2) is 41.6 Å². The molecule has 1 aliphatic rings. The van der Waals surface area contributed by atoms with E-state index < -0.39 is 0 Å². The van der Waals surface area contributed by atoms with Crippen LogP contribution in [0.3, 0.4) is 0 Å². The molecule has 0 unspecified atom stereocenters. The third kappa shape index (κ3) is 1.47. The molecule has 0 spiro atoms. The summed E-state index contributed by atoms with van der Waals surface area (Å²) >= 11 is 0. The van der Waals surface area contributed by atoms with Gasteiger partial charge in [0.1, 0.15) is 0 Å². The van der Waals surface area contributed by atoms with Gasteiger partial charge in [-0.15, -0.1) is 0 Å². The van der Waals surface area contributed by atoms with E-state index in [0.29, 0.717) is 0 Å². The Morgan fingerprint density at radius 2 is 1.81 bits per heavy atom. The van der Waals surface area contributed by atoms with Crippen molar-refractivity contribution in [3.63, 3.8) is 0 Å². The van der Waals surface area contributed by atoms with E-state index in [1.165, 1.54) is 35.4 Å². The van der Waals surface area contributed by atoms with E-state index in [1.54, 1.807) is 0 Å². The van der Waals surface area contributed by atoms with Gasteiger partial charge in [-0.1, -0.05) is 41.6 Å². The minimum absolute atomic E-state index is 0.741. The van der Waals surface area contributed by atoms with Gasteiger partial charge >= 0.3 is 0 Å². The van der Waals surface area contributed by atoms with Crippen LogP contribution in [0.1, 0.15) is 29.9 Å². The summed E-state index contributed by atoms with van der Waals surface area (Å²) in [5.74, 6) is 0.741. The minimum atomic E-state index is 0.741. The van der Waals surface area contributed by atoms with Gasteiger partial charge in [-0.05, 0) is 35.1 Å². The van der Waals surface area contributed by atoms with Crippen LogP contribution in [0.2, 0.25) is 0 Å². The van der Waals surface area contributed by atoms with Gasteiger partial charge in [0.25, 0.3) is 0 Å². The molecular formula is C14H13NO. The standard InChI is InChI=1S/C14H13NO/c16-15-9-11-7-8-13(10-5-6-10)14-4-2-1-3-12(11)14/h1-4,7-10,16H,5-6H2/b15-9-. The summed E-state index contributed by atoms with van der Waals surface area (Å²) < 4.78 is 0. The van der Waals surface area contributed by atoms with Gasteiger partial charge in [-0.25, -0.2) is 0 Å². The number of rotatable bonds is 2. The summed E-state index contributed by atoms with van der Waals surface area (Å²) in [6.45, 7) is 0. The van der Waals surface area contributed by atoms with Crippen molar-refractivity contribution in [2.75, 3.05) is 0 Å². The summed E-state index contributed by atoms with van der Waals surface area (Å²) in [7, 11) is 0. The van der Waals surface area contributed by atoms with Gasteiger partial charge in [-0.3, -0.25) is 0 Å². The molecule has 2 nitrogen and oxygen atoms in total. The fraction of sp³-hybridized carbons (Fsp3) is 0.214. The molecule has 16 heavy (non-hydrogen) atoms. The van der Waals surface area contributed by atoms with E-state index in [9.17, 15) is 0 Å². The average Bonchev–Trinajstić information content (AvgIpc) is 3.14. The molecule has 3 rings (SSSR count). The highest BCUT2D eigenvalue weighted by molar-refractivity contribution is 6.01. The van der Waals surface area contributed by atoms with Gasteiger partial charge < -0.3 is 5.21 Å². The molecule has 0 bridgehead atoms. The molecule has 1 N–H and O–H groups in total. The maximum absolute atomic E-state index is 8.64. The molecule has 0 radical (unpaired) electrons. The molecule has 0 aliphatic heterocycles. The van der Waals surface area contributed by atoms with Crippen molar-refractivity contribution >= 4 is 17.0 Å². The van der Waals surface area contributed by atoms with Crippen LogP contribution >= 0.6 is 0 Å². The topological polar surface area (TPSA) is 32.6 Å². The molecule has 0 heterocycles. The highest BCUT2D eigenvalue weighted by Crippen LogP contribution is 2.43. The van der Waals surface area contributed by atoms with Crippen LogP contribution < -0.4 is 0 Å². The van der Waals surface area contributed by atoms with Crippen LogP contribution in [0.25, 0.3) is 10.8 Å². The first-order valence-corrected chi connectivity index (χ1v) is 5.59. The molecule has 1 saturated carbocycles. The van der Waals surface area contributed by atoms with Gasteiger partial charge in [-0.2, -0.15) is 0 Å². The normalized spacial score (nSPS) is 16.0. The van der Waals surface area contributed by atoms with E-state index in [1.807, 2.05) is 12.1 Å².